The highest BCUT2D eigenvalue weighted by atomic mass is 16.5. The topological polar surface area (TPSA) is 60.6 Å². The smallest absolute Gasteiger partial charge is 0.226 e. The van der Waals surface area contributed by atoms with Gasteiger partial charge in [0, 0.05) is 13.0 Å². The summed E-state index contributed by atoms with van der Waals surface area (Å²) in [6, 6.07) is 14.8. The molecule has 152 valence electrons. The van der Waals surface area contributed by atoms with Gasteiger partial charge in [-0.2, -0.15) is 4.98 Å². The molecule has 1 aromatic heterocycles. The molecule has 0 bridgehead atoms. The van der Waals surface area contributed by atoms with Gasteiger partial charge in [0.05, 0.1) is 26.8 Å². The van der Waals surface area contributed by atoms with E-state index in [1.165, 1.54) is 16.7 Å². The summed E-state index contributed by atoms with van der Waals surface area (Å²) < 4.78 is 16.5. The summed E-state index contributed by atoms with van der Waals surface area (Å²) in [7, 11) is 3.36. The summed E-state index contributed by atoms with van der Waals surface area (Å²) in [5, 5.41) is 4.20. The van der Waals surface area contributed by atoms with Crippen molar-refractivity contribution in [3.63, 3.8) is 0 Å². The van der Waals surface area contributed by atoms with E-state index in [0.717, 1.165) is 43.1 Å². The first-order chi connectivity index (χ1) is 14.2. The molecule has 1 atom stereocenters. The van der Waals surface area contributed by atoms with Crippen molar-refractivity contribution in [1.82, 2.24) is 15.0 Å². The maximum absolute atomic E-state index is 5.59. The molecule has 0 aliphatic carbocycles. The maximum atomic E-state index is 5.59. The van der Waals surface area contributed by atoms with Crippen LogP contribution in [0.2, 0.25) is 0 Å². The number of hydrogen-bond acceptors (Lipinski definition) is 6. The van der Waals surface area contributed by atoms with Crippen LogP contribution in [0.5, 0.6) is 11.5 Å². The number of aryl methyl sites for hydroxylation is 1. The van der Waals surface area contributed by atoms with Gasteiger partial charge < -0.3 is 14.0 Å². The molecule has 6 nitrogen and oxygen atoms in total. The minimum atomic E-state index is 0.0906. The van der Waals surface area contributed by atoms with E-state index >= 15 is 0 Å². The molecule has 0 radical (unpaired) electrons. The highest BCUT2D eigenvalue weighted by Gasteiger charge is 2.31. The minimum Gasteiger partial charge on any atom is -0.493 e. The maximum Gasteiger partial charge on any atom is 0.226 e. The van der Waals surface area contributed by atoms with Gasteiger partial charge in [0.15, 0.2) is 17.3 Å². The van der Waals surface area contributed by atoms with Crippen LogP contribution in [0.4, 0.5) is 0 Å². The van der Waals surface area contributed by atoms with Crippen LogP contribution in [0.1, 0.15) is 47.8 Å². The molecule has 29 heavy (non-hydrogen) atoms. The molecule has 2 heterocycles. The summed E-state index contributed by atoms with van der Waals surface area (Å²) >= 11 is 0. The van der Waals surface area contributed by atoms with Crippen LogP contribution in [-0.2, 0) is 19.4 Å². The Morgan fingerprint density at radius 1 is 1.10 bits per heavy atom. The molecule has 6 heteroatoms. The number of rotatable bonds is 7. The molecular weight excluding hydrogens is 366 g/mol. The molecule has 0 N–H and O–H groups in total. The third-order valence-electron chi connectivity index (χ3n) is 5.41. The van der Waals surface area contributed by atoms with Gasteiger partial charge in [0.25, 0.3) is 0 Å². The molecule has 0 saturated heterocycles. The van der Waals surface area contributed by atoms with Crippen molar-refractivity contribution in [2.24, 2.45) is 0 Å². The minimum absolute atomic E-state index is 0.0906. The van der Waals surface area contributed by atoms with E-state index in [0.29, 0.717) is 12.4 Å². The first kappa shape index (κ1) is 19.5. The van der Waals surface area contributed by atoms with Crippen LogP contribution in [0, 0.1) is 0 Å². The van der Waals surface area contributed by atoms with Crippen molar-refractivity contribution in [2.45, 2.75) is 38.8 Å². The molecule has 0 saturated carbocycles. The average Bonchev–Trinajstić information content (AvgIpc) is 3.20. The van der Waals surface area contributed by atoms with E-state index in [9.17, 15) is 0 Å². The van der Waals surface area contributed by atoms with Crippen LogP contribution < -0.4 is 9.47 Å². The second-order valence-corrected chi connectivity index (χ2v) is 7.29. The first-order valence-electron chi connectivity index (χ1n) is 10.1. The molecule has 0 amide bonds. The predicted octanol–water partition coefficient (Wildman–Crippen LogP) is 4.19. The average molecular weight is 393 g/mol. The number of benzene rings is 2. The lowest BCUT2D eigenvalue weighted by molar-refractivity contribution is 0.196. The quantitative estimate of drug-likeness (QED) is 0.600. The van der Waals surface area contributed by atoms with Gasteiger partial charge in [-0.15, -0.1) is 0 Å². The van der Waals surface area contributed by atoms with Gasteiger partial charge in [-0.3, -0.25) is 4.90 Å². The molecule has 1 aliphatic rings. The Kier molecular flexibility index (Phi) is 5.81. The Morgan fingerprint density at radius 2 is 1.86 bits per heavy atom. The molecule has 3 aromatic rings. The summed E-state index contributed by atoms with van der Waals surface area (Å²) in [6.45, 7) is 3.65. The van der Waals surface area contributed by atoms with Gasteiger partial charge in [-0.05, 0) is 41.7 Å². The number of fused-ring (bicyclic) bond motifs is 1. The summed E-state index contributed by atoms with van der Waals surface area (Å²) in [4.78, 5) is 6.98. The number of nitrogens with zero attached hydrogens (tertiary/aromatic N) is 3. The number of hydrogen-bond donors (Lipinski definition) is 0. The predicted molar refractivity (Wildman–Crippen MR) is 110 cm³/mol. The van der Waals surface area contributed by atoms with E-state index in [4.69, 9.17) is 14.0 Å². The summed E-state index contributed by atoms with van der Waals surface area (Å²) in [5.74, 6) is 2.97. The van der Waals surface area contributed by atoms with Gasteiger partial charge in [-0.25, -0.2) is 0 Å². The van der Waals surface area contributed by atoms with Gasteiger partial charge in [-0.1, -0.05) is 42.4 Å². The van der Waals surface area contributed by atoms with Crippen LogP contribution >= 0.6 is 0 Å². The van der Waals surface area contributed by atoms with Crippen LogP contribution in [0.25, 0.3) is 0 Å². The molecule has 1 aliphatic heterocycles. The molecular formula is C23H27N3O3. The normalized spacial score (nSPS) is 16.4. The van der Waals surface area contributed by atoms with Crippen molar-refractivity contribution < 1.29 is 14.0 Å². The Balaban J connectivity index is 1.72. The van der Waals surface area contributed by atoms with Gasteiger partial charge in [0.1, 0.15) is 0 Å². The van der Waals surface area contributed by atoms with E-state index in [2.05, 4.69) is 58.4 Å². The third-order valence-corrected chi connectivity index (χ3v) is 5.41. The fraction of sp³-hybridized carbons (Fsp3) is 0.391. The lowest BCUT2D eigenvalue weighted by Gasteiger charge is -2.37. The third kappa shape index (κ3) is 3.98. The molecule has 1 unspecified atom stereocenters. The number of methoxy groups -OCH3 is 2. The highest BCUT2D eigenvalue weighted by Crippen LogP contribution is 2.41. The monoisotopic (exact) mass is 393 g/mol. The van der Waals surface area contributed by atoms with Crippen LogP contribution in [0.15, 0.2) is 47.0 Å². The van der Waals surface area contributed by atoms with Crippen molar-refractivity contribution in [2.75, 3.05) is 20.8 Å². The lowest BCUT2D eigenvalue weighted by atomic mass is 9.87. The molecule has 4 rings (SSSR count). The van der Waals surface area contributed by atoms with Gasteiger partial charge >= 0.3 is 0 Å². The van der Waals surface area contributed by atoms with E-state index in [-0.39, 0.29) is 6.04 Å². The van der Waals surface area contributed by atoms with E-state index < -0.39 is 0 Å². The van der Waals surface area contributed by atoms with Crippen molar-refractivity contribution in [3.8, 4) is 11.5 Å². The number of aromatic nitrogens is 2. The lowest BCUT2D eigenvalue weighted by Crippen LogP contribution is -2.36. The molecule has 0 fully saturated rings. The van der Waals surface area contributed by atoms with E-state index in [1.807, 2.05) is 6.07 Å². The van der Waals surface area contributed by atoms with Crippen molar-refractivity contribution in [1.29, 1.82) is 0 Å². The van der Waals surface area contributed by atoms with E-state index in [1.54, 1.807) is 14.2 Å². The van der Waals surface area contributed by atoms with Crippen molar-refractivity contribution in [3.05, 3.63) is 70.9 Å². The second-order valence-electron chi connectivity index (χ2n) is 7.29. The summed E-state index contributed by atoms with van der Waals surface area (Å²) in [6.07, 6.45) is 2.74. The zero-order valence-electron chi connectivity index (χ0n) is 17.2. The number of ether oxygens (including phenoxy) is 2. The molecule has 2 aromatic carbocycles. The zero-order valence-corrected chi connectivity index (χ0v) is 17.2. The Morgan fingerprint density at radius 3 is 2.59 bits per heavy atom. The van der Waals surface area contributed by atoms with Gasteiger partial charge in [0.2, 0.25) is 5.89 Å². The fourth-order valence-corrected chi connectivity index (χ4v) is 4.05. The van der Waals surface area contributed by atoms with Crippen molar-refractivity contribution >= 4 is 0 Å². The standard InChI is InChI=1S/C23H27N3O3/c1-4-8-22-24-21(25-29-22)15-26-12-11-17-13-19(27-2)20(28-3)14-18(17)23(26)16-9-6-5-7-10-16/h5-7,9-10,13-14,23H,4,8,11-12,15H2,1-3H3. The Bertz CT molecular complexity index is 955. The fourth-order valence-electron chi connectivity index (χ4n) is 4.05. The SMILES string of the molecule is CCCc1nc(CN2CCc3cc(OC)c(OC)cc3C2c2ccccc2)no1. The first-order valence-corrected chi connectivity index (χ1v) is 10.1. The summed E-state index contributed by atoms with van der Waals surface area (Å²) in [5.41, 5.74) is 3.75. The zero-order chi connectivity index (χ0) is 20.2. The van der Waals surface area contributed by atoms with Crippen LogP contribution in [0.3, 0.4) is 0 Å². The largest absolute Gasteiger partial charge is 0.493 e. The van der Waals surface area contributed by atoms with Crippen LogP contribution in [-0.4, -0.2) is 35.8 Å². The highest BCUT2D eigenvalue weighted by molar-refractivity contribution is 5.51. The molecule has 0 spiro atoms. The second kappa shape index (κ2) is 8.66. The Hall–Kier alpha value is -2.86. The Labute approximate surface area is 171 Å².